The Morgan fingerprint density at radius 2 is 2.11 bits per heavy atom. The minimum absolute atomic E-state index is 0.187. The SMILES string of the molecule is N#Cc1ccccc1-c1nnn(CC(=O)N/N=C/c2ccc(Cl)cc2Cl)n1. The Bertz CT molecular complexity index is 1060. The summed E-state index contributed by atoms with van der Waals surface area (Å²) in [5.41, 5.74) is 3.92. The van der Waals surface area contributed by atoms with Crippen LogP contribution in [0.5, 0.6) is 0 Å². The van der Waals surface area contributed by atoms with Crippen molar-refractivity contribution in [2.45, 2.75) is 6.54 Å². The van der Waals surface area contributed by atoms with Crippen molar-refractivity contribution in [1.29, 1.82) is 5.26 Å². The number of halogens is 2. The monoisotopic (exact) mass is 399 g/mol. The van der Waals surface area contributed by atoms with Crippen molar-refractivity contribution in [3.63, 3.8) is 0 Å². The Labute approximate surface area is 164 Å². The van der Waals surface area contributed by atoms with Crippen LogP contribution in [0.1, 0.15) is 11.1 Å². The van der Waals surface area contributed by atoms with Crippen LogP contribution in [0.25, 0.3) is 11.4 Å². The van der Waals surface area contributed by atoms with E-state index in [4.69, 9.17) is 28.5 Å². The smallest absolute Gasteiger partial charge is 0.263 e. The lowest BCUT2D eigenvalue weighted by molar-refractivity contribution is -0.122. The van der Waals surface area contributed by atoms with Crippen LogP contribution in [0.2, 0.25) is 10.0 Å². The number of hydrogen-bond donors (Lipinski definition) is 1. The largest absolute Gasteiger partial charge is 0.271 e. The minimum Gasteiger partial charge on any atom is -0.271 e. The van der Waals surface area contributed by atoms with Gasteiger partial charge in [-0.05, 0) is 29.5 Å². The van der Waals surface area contributed by atoms with Gasteiger partial charge in [0.05, 0.1) is 22.9 Å². The van der Waals surface area contributed by atoms with E-state index in [0.717, 1.165) is 4.80 Å². The second-order valence-electron chi connectivity index (χ2n) is 5.26. The van der Waals surface area contributed by atoms with E-state index in [1.807, 2.05) is 0 Å². The summed E-state index contributed by atoms with van der Waals surface area (Å²) in [5.74, 6) is -0.190. The zero-order chi connectivity index (χ0) is 19.2. The Balaban J connectivity index is 1.63. The molecule has 10 heteroatoms. The number of hydrogen-bond acceptors (Lipinski definition) is 6. The summed E-state index contributed by atoms with van der Waals surface area (Å²) in [5, 5.41) is 25.7. The van der Waals surface area contributed by atoms with Crippen LogP contribution in [0.3, 0.4) is 0 Å². The van der Waals surface area contributed by atoms with Gasteiger partial charge in [0, 0.05) is 16.1 Å². The molecule has 8 nitrogen and oxygen atoms in total. The van der Waals surface area contributed by atoms with E-state index in [0.29, 0.717) is 26.7 Å². The molecule has 0 aliphatic rings. The van der Waals surface area contributed by atoms with Gasteiger partial charge >= 0.3 is 0 Å². The molecule has 0 unspecified atom stereocenters. The molecular formula is C17H11Cl2N7O. The van der Waals surface area contributed by atoms with Gasteiger partial charge < -0.3 is 0 Å². The van der Waals surface area contributed by atoms with Crippen LogP contribution in [0.15, 0.2) is 47.6 Å². The molecule has 1 amide bonds. The number of amides is 1. The molecule has 0 aliphatic heterocycles. The number of carbonyl (C=O) groups excluding carboxylic acids is 1. The number of carbonyl (C=O) groups is 1. The topological polar surface area (TPSA) is 109 Å². The highest BCUT2D eigenvalue weighted by Gasteiger charge is 2.12. The summed E-state index contributed by atoms with van der Waals surface area (Å²) in [4.78, 5) is 13.1. The van der Waals surface area contributed by atoms with Gasteiger partial charge in [0.2, 0.25) is 5.82 Å². The molecule has 0 fully saturated rings. The van der Waals surface area contributed by atoms with Crippen LogP contribution < -0.4 is 5.43 Å². The molecule has 0 bridgehead atoms. The average Bonchev–Trinajstić information content (AvgIpc) is 3.11. The molecule has 2 aromatic carbocycles. The van der Waals surface area contributed by atoms with Gasteiger partial charge in [-0.2, -0.15) is 15.2 Å². The maximum atomic E-state index is 12.0. The lowest BCUT2D eigenvalue weighted by atomic mass is 10.1. The lowest BCUT2D eigenvalue weighted by Gasteiger charge is -2.00. The molecule has 3 aromatic rings. The van der Waals surface area contributed by atoms with Crippen molar-refractivity contribution >= 4 is 35.3 Å². The molecule has 0 radical (unpaired) electrons. The predicted octanol–water partition coefficient (Wildman–Crippen LogP) is 2.67. The summed E-state index contributed by atoms with van der Waals surface area (Å²) in [7, 11) is 0. The van der Waals surface area contributed by atoms with Crippen LogP contribution in [-0.2, 0) is 11.3 Å². The van der Waals surface area contributed by atoms with Crippen LogP contribution in [0, 0.1) is 11.3 Å². The van der Waals surface area contributed by atoms with Crippen molar-refractivity contribution in [3.8, 4) is 17.5 Å². The highest BCUT2D eigenvalue weighted by molar-refractivity contribution is 6.36. The normalized spacial score (nSPS) is 10.7. The van der Waals surface area contributed by atoms with E-state index in [2.05, 4.69) is 32.0 Å². The first kappa shape index (κ1) is 18.5. The van der Waals surface area contributed by atoms with E-state index in [9.17, 15) is 4.79 Å². The number of nitrogens with zero attached hydrogens (tertiary/aromatic N) is 6. The van der Waals surface area contributed by atoms with Gasteiger partial charge in [0.15, 0.2) is 0 Å². The molecule has 3 rings (SSSR count). The number of hydrazone groups is 1. The van der Waals surface area contributed by atoms with Crippen LogP contribution >= 0.6 is 23.2 Å². The number of benzene rings is 2. The van der Waals surface area contributed by atoms with Crippen molar-refractivity contribution in [3.05, 3.63) is 63.6 Å². The number of nitriles is 1. The molecule has 27 heavy (non-hydrogen) atoms. The maximum Gasteiger partial charge on any atom is 0.263 e. The zero-order valence-electron chi connectivity index (χ0n) is 13.7. The zero-order valence-corrected chi connectivity index (χ0v) is 15.2. The van der Waals surface area contributed by atoms with E-state index < -0.39 is 5.91 Å². The minimum atomic E-state index is -0.450. The van der Waals surface area contributed by atoms with E-state index in [1.165, 1.54) is 6.21 Å². The Morgan fingerprint density at radius 3 is 2.89 bits per heavy atom. The van der Waals surface area contributed by atoms with Gasteiger partial charge in [-0.15, -0.1) is 10.2 Å². The lowest BCUT2D eigenvalue weighted by Crippen LogP contribution is -2.24. The van der Waals surface area contributed by atoms with E-state index in [1.54, 1.807) is 42.5 Å². The van der Waals surface area contributed by atoms with Crippen LogP contribution in [-0.4, -0.2) is 32.3 Å². The second-order valence-corrected chi connectivity index (χ2v) is 6.10. The summed E-state index contributed by atoms with van der Waals surface area (Å²) in [6.07, 6.45) is 1.40. The molecule has 0 spiro atoms. The first-order chi connectivity index (χ1) is 13.1. The number of tetrazole rings is 1. The Kier molecular flexibility index (Phi) is 5.76. The molecule has 0 saturated heterocycles. The van der Waals surface area contributed by atoms with Crippen LogP contribution in [0.4, 0.5) is 0 Å². The standard InChI is InChI=1S/C17H11Cl2N7O/c18-13-6-5-12(15(19)7-13)9-21-22-16(27)10-26-24-17(23-25-26)14-4-2-1-3-11(14)8-20/h1-7,9H,10H2,(H,22,27)/b21-9+. The molecule has 0 saturated carbocycles. The van der Waals surface area contributed by atoms with E-state index in [-0.39, 0.29) is 12.4 Å². The highest BCUT2D eigenvalue weighted by atomic mass is 35.5. The molecule has 0 aliphatic carbocycles. The fraction of sp³-hybridized carbons (Fsp3) is 0.0588. The highest BCUT2D eigenvalue weighted by Crippen LogP contribution is 2.19. The third kappa shape index (κ3) is 4.67. The molecule has 1 N–H and O–H groups in total. The summed E-state index contributed by atoms with van der Waals surface area (Å²) >= 11 is 11.8. The molecule has 0 atom stereocenters. The van der Waals surface area contributed by atoms with Crippen molar-refractivity contribution < 1.29 is 4.79 Å². The molecular weight excluding hydrogens is 389 g/mol. The summed E-state index contributed by atoms with van der Waals surface area (Å²) < 4.78 is 0. The summed E-state index contributed by atoms with van der Waals surface area (Å²) in [6.45, 7) is -0.187. The van der Waals surface area contributed by atoms with Gasteiger partial charge in [-0.1, -0.05) is 41.4 Å². The number of rotatable bonds is 5. The van der Waals surface area contributed by atoms with Crippen molar-refractivity contribution in [2.75, 3.05) is 0 Å². The van der Waals surface area contributed by atoms with E-state index >= 15 is 0 Å². The number of nitrogens with one attached hydrogen (secondary N) is 1. The van der Waals surface area contributed by atoms with Gasteiger partial charge in [-0.25, -0.2) is 5.43 Å². The molecule has 1 aromatic heterocycles. The third-order valence-electron chi connectivity index (χ3n) is 3.38. The molecule has 134 valence electrons. The van der Waals surface area contributed by atoms with Gasteiger partial charge in [0.1, 0.15) is 6.54 Å². The first-order valence-corrected chi connectivity index (χ1v) is 8.36. The quantitative estimate of drug-likeness (QED) is 0.523. The fourth-order valence-corrected chi connectivity index (χ4v) is 2.59. The van der Waals surface area contributed by atoms with Crippen molar-refractivity contribution in [2.24, 2.45) is 5.10 Å². The maximum absolute atomic E-state index is 12.0. The second kappa shape index (κ2) is 8.40. The summed E-state index contributed by atoms with van der Waals surface area (Å²) in [6, 6.07) is 13.8. The van der Waals surface area contributed by atoms with Gasteiger partial charge in [-0.3, -0.25) is 4.79 Å². The van der Waals surface area contributed by atoms with Crippen molar-refractivity contribution in [1.82, 2.24) is 25.6 Å². The van der Waals surface area contributed by atoms with Gasteiger partial charge in [0.25, 0.3) is 5.91 Å². The first-order valence-electron chi connectivity index (χ1n) is 7.61. The predicted molar refractivity (Wildman–Crippen MR) is 100 cm³/mol. The fourth-order valence-electron chi connectivity index (χ4n) is 2.14. The average molecular weight is 400 g/mol. The Morgan fingerprint density at radius 1 is 1.30 bits per heavy atom. The Hall–Kier alpha value is -3.28. The number of aromatic nitrogens is 4. The molecule has 1 heterocycles. The third-order valence-corrected chi connectivity index (χ3v) is 3.94.